The van der Waals surface area contributed by atoms with Crippen LogP contribution in [0.15, 0.2) is 29.2 Å². The lowest BCUT2D eigenvalue weighted by Gasteiger charge is -2.15. The highest BCUT2D eigenvalue weighted by Crippen LogP contribution is 2.14. The largest absolute Gasteiger partial charge is 0.327 e. The quantitative estimate of drug-likeness (QED) is 0.728. The Kier molecular flexibility index (Phi) is 4.44. The molecule has 0 bridgehead atoms. The third-order valence-corrected chi connectivity index (χ3v) is 3.58. The minimum Gasteiger partial charge on any atom is -0.327 e. The molecule has 0 aliphatic rings. The fourth-order valence-corrected chi connectivity index (χ4v) is 1.74. The monoisotopic (exact) mass is 271 g/mol. The highest BCUT2D eigenvalue weighted by Gasteiger charge is 2.17. The zero-order valence-electron chi connectivity index (χ0n) is 10.3. The van der Waals surface area contributed by atoms with Crippen LogP contribution in [-0.2, 0) is 14.8 Å². The number of nitrogens with two attached hydrogens (primary N) is 2. The predicted molar refractivity (Wildman–Crippen MR) is 69.3 cm³/mol. The fourth-order valence-electron chi connectivity index (χ4n) is 1.22. The molecule has 6 nitrogen and oxygen atoms in total. The summed E-state index contributed by atoms with van der Waals surface area (Å²) < 4.78 is 22.1. The SMILES string of the molecule is CC(N)C(C)C(=O)Nc1ccc(S(N)(=O)=O)cc1. The second-order valence-electron chi connectivity index (χ2n) is 4.21. The van der Waals surface area contributed by atoms with Gasteiger partial charge >= 0.3 is 0 Å². The van der Waals surface area contributed by atoms with Gasteiger partial charge in [-0.3, -0.25) is 4.79 Å². The highest BCUT2D eigenvalue weighted by molar-refractivity contribution is 7.89. The van der Waals surface area contributed by atoms with E-state index in [0.29, 0.717) is 5.69 Å². The van der Waals surface area contributed by atoms with Crippen LogP contribution in [0.5, 0.6) is 0 Å². The number of primary sulfonamides is 1. The number of rotatable bonds is 4. The van der Waals surface area contributed by atoms with Crippen molar-refractivity contribution in [2.75, 3.05) is 5.32 Å². The molecule has 5 N–H and O–H groups in total. The number of sulfonamides is 1. The lowest BCUT2D eigenvalue weighted by molar-refractivity contribution is -0.119. The van der Waals surface area contributed by atoms with Crippen LogP contribution < -0.4 is 16.2 Å². The van der Waals surface area contributed by atoms with Crippen LogP contribution in [0.4, 0.5) is 5.69 Å². The summed E-state index contributed by atoms with van der Waals surface area (Å²) in [6.45, 7) is 3.47. The van der Waals surface area contributed by atoms with Crippen LogP contribution >= 0.6 is 0 Å². The Labute approximate surface area is 106 Å². The lowest BCUT2D eigenvalue weighted by Crippen LogP contribution is -2.34. The zero-order chi connectivity index (χ0) is 13.9. The molecule has 100 valence electrons. The van der Waals surface area contributed by atoms with Crippen molar-refractivity contribution in [2.24, 2.45) is 16.8 Å². The topological polar surface area (TPSA) is 115 Å². The Balaban J connectivity index is 2.79. The summed E-state index contributed by atoms with van der Waals surface area (Å²) in [7, 11) is -3.71. The fraction of sp³-hybridized carbons (Fsp3) is 0.364. The summed E-state index contributed by atoms with van der Waals surface area (Å²) in [6.07, 6.45) is 0. The lowest BCUT2D eigenvalue weighted by atomic mass is 10.0. The molecule has 2 atom stereocenters. The molecule has 1 rings (SSSR count). The first kappa shape index (κ1) is 14.6. The average Bonchev–Trinajstić information content (AvgIpc) is 2.27. The molecule has 1 amide bonds. The molecule has 0 spiro atoms. The number of nitrogens with one attached hydrogen (secondary N) is 1. The van der Waals surface area contributed by atoms with Crippen LogP contribution in [0.1, 0.15) is 13.8 Å². The molecule has 0 fully saturated rings. The zero-order valence-corrected chi connectivity index (χ0v) is 11.1. The normalized spacial score (nSPS) is 14.9. The number of anilines is 1. The van der Waals surface area contributed by atoms with Crippen LogP contribution in [0.3, 0.4) is 0 Å². The van der Waals surface area contributed by atoms with E-state index in [1.807, 2.05) is 0 Å². The van der Waals surface area contributed by atoms with Crippen molar-refractivity contribution < 1.29 is 13.2 Å². The number of amides is 1. The van der Waals surface area contributed by atoms with Crippen molar-refractivity contribution in [1.29, 1.82) is 0 Å². The Bertz CT molecular complexity index is 523. The van der Waals surface area contributed by atoms with Gasteiger partial charge in [-0.25, -0.2) is 13.6 Å². The molecule has 1 aromatic carbocycles. The van der Waals surface area contributed by atoms with E-state index in [9.17, 15) is 13.2 Å². The molecule has 0 heterocycles. The molecule has 1 aromatic rings. The maximum absolute atomic E-state index is 11.7. The van der Waals surface area contributed by atoms with Crippen LogP contribution in [-0.4, -0.2) is 20.4 Å². The number of benzene rings is 1. The van der Waals surface area contributed by atoms with Gasteiger partial charge in [-0.2, -0.15) is 0 Å². The smallest absolute Gasteiger partial charge is 0.238 e. The molecule has 0 aliphatic heterocycles. The second-order valence-corrected chi connectivity index (χ2v) is 5.77. The van der Waals surface area contributed by atoms with Gasteiger partial charge in [-0.05, 0) is 31.2 Å². The first-order valence-corrected chi connectivity index (χ1v) is 6.96. The van der Waals surface area contributed by atoms with Crippen molar-refractivity contribution in [1.82, 2.24) is 0 Å². The van der Waals surface area contributed by atoms with E-state index in [2.05, 4.69) is 5.32 Å². The second kappa shape index (κ2) is 5.47. The standard InChI is InChI=1S/C11H17N3O3S/c1-7(8(2)12)11(15)14-9-3-5-10(6-4-9)18(13,16)17/h3-8H,12H2,1-2H3,(H,14,15)(H2,13,16,17). The van der Waals surface area contributed by atoms with Gasteiger partial charge < -0.3 is 11.1 Å². The minimum absolute atomic E-state index is 0.000686. The minimum atomic E-state index is -3.71. The molecule has 2 unspecified atom stereocenters. The van der Waals surface area contributed by atoms with Gasteiger partial charge in [-0.1, -0.05) is 6.92 Å². The number of carbonyl (C=O) groups is 1. The first-order valence-electron chi connectivity index (χ1n) is 5.41. The molecule has 0 aromatic heterocycles. The van der Waals surface area contributed by atoms with E-state index in [0.717, 1.165) is 0 Å². The molecular weight excluding hydrogens is 254 g/mol. The number of hydrogen-bond acceptors (Lipinski definition) is 4. The maximum atomic E-state index is 11.7. The van der Waals surface area contributed by atoms with Gasteiger partial charge in [0.2, 0.25) is 15.9 Å². The summed E-state index contributed by atoms with van der Waals surface area (Å²) in [5.74, 6) is -0.545. The van der Waals surface area contributed by atoms with Crippen molar-refractivity contribution >= 4 is 21.6 Å². The third kappa shape index (κ3) is 3.80. The molecule has 0 radical (unpaired) electrons. The van der Waals surface area contributed by atoms with E-state index in [4.69, 9.17) is 10.9 Å². The molecule has 18 heavy (non-hydrogen) atoms. The van der Waals surface area contributed by atoms with E-state index in [-0.39, 0.29) is 22.8 Å². The van der Waals surface area contributed by atoms with Gasteiger partial charge in [0, 0.05) is 11.7 Å². The molecular formula is C11H17N3O3S. The van der Waals surface area contributed by atoms with Gasteiger partial charge in [0.25, 0.3) is 0 Å². The van der Waals surface area contributed by atoms with Crippen LogP contribution in [0, 0.1) is 5.92 Å². The summed E-state index contributed by atoms with van der Waals surface area (Å²) >= 11 is 0. The van der Waals surface area contributed by atoms with E-state index in [1.54, 1.807) is 13.8 Å². The molecule has 0 saturated heterocycles. The van der Waals surface area contributed by atoms with Crippen molar-refractivity contribution in [3.05, 3.63) is 24.3 Å². The Hall–Kier alpha value is -1.44. The van der Waals surface area contributed by atoms with Crippen molar-refractivity contribution in [3.63, 3.8) is 0 Å². The first-order chi connectivity index (χ1) is 8.21. The summed E-state index contributed by atoms with van der Waals surface area (Å²) in [5, 5.41) is 7.61. The molecule has 0 aliphatic carbocycles. The summed E-state index contributed by atoms with van der Waals surface area (Å²) in [6, 6.07) is 5.37. The highest BCUT2D eigenvalue weighted by atomic mass is 32.2. The summed E-state index contributed by atoms with van der Waals surface area (Å²) in [5.41, 5.74) is 6.11. The Morgan fingerprint density at radius 3 is 2.11 bits per heavy atom. The van der Waals surface area contributed by atoms with Crippen molar-refractivity contribution in [2.45, 2.75) is 24.8 Å². The van der Waals surface area contributed by atoms with Gasteiger partial charge in [-0.15, -0.1) is 0 Å². The van der Waals surface area contributed by atoms with Crippen LogP contribution in [0.2, 0.25) is 0 Å². The third-order valence-electron chi connectivity index (χ3n) is 2.65. The van der Waals surface area contributed by atoms with Crippen molar-refractivity contribution in [3.8, 4) is 0 Å². The molecule has 7 heteroatoms. The number of hydrogen-bond donors (Lipinski definition) is 3. The number of carbonyl (C=O) groups excluding carboxylic acids is 1. The Morgan fingerprint density at radius 1 is 1.22 bits per heavy atom. The van der Waals surface area contributed by atoms with Gasteiger partial charge in [0.05, 0.1) is 10.8 Å². The van der Waals surface area contributed by atoms with E-state index in [1.165, 1.54) is 24.3 Å². The van der Waals surface area contributed by atoms with Gasteiger partial charge in [0.15, 0.2) is 0 Å². The maximum Gasteiger partial charge on any atom is 0.238 e. The van der Waals surface area contributed by atoms with E-state index < -0.39 is 10.0 Å². The van der Waals surface area contributed by atoms with Gasteiger partial charge in [0.1, 0.15) is 0 Å². The Morgan fingerprint density at radius 2 is 1.72 bits per heavy atom. The van der Waals surface area contributed by atoms with E-state index >= 15 is 0 Å². The molecule has 0 saturated carbocycles. The summed E-state index contributed by atoms with van der Waals surface area (Å²) in [4.78, 5) is 11.7. The predicted octanol–water partition coefficient (Wildman–Crippen LogP) is 0.256. The average molecular weight is 271 g/mol. The van der Waals surface area contributed by atoms with Crippen LogP contribution in [0.25, 0.3) is 0 Å².